The first-order chi connectivity index (χ1) is 9.06. The van der Waals surface area contributed by atoms with Gasteiger partial charge in [0.25, 0.3) is 0 Å². The van der Waals surface area contributed by atoms with E-state index in [0.29, 0.717) is 12.2 Å². The Balaban J connectivity index is 2.64. The Bertz CT molecular complexity index is 422. The minimum atomic E-state index is -0.984. The van der Waals surface area contributed by atoms with Gasteiger partial charge in [0.05, 0.1) is 5.92 Å². The predicted octanol–water partition coefficient (Wildman–Crippen LogP) is 2.11. The normalized spacial score (nSPS) is 13.6. The number of amides is 1. The van der Waals surface area contributed by atoms with Gasteiger partial charge in [-0.2, -0.15) is 11.8 Å². The van der Waals surface area contributed by atoms with E-state index in [0.717, 1.165) is 5.56 Å². The zero-order valence-corrected chi connectivity index (χ0v) is 11.9. The highest BCUT2D eigenvalue weighted by atomic mass is 32.2. The lowest BCUT2D eigenvalue weighted by Crippen LogP contribution is -2.42. The maximum absolute atomic E-state index is 12.0. The molecule has 104 valence electrons. The van der Waals surface area contributed by atoms with Crippen molar-refractivity contribution in [3.63, 3.8) is 0 Å². The Hall–Kier alpha value is -1.49. The van der Waals surface area contributed by atoms with Crippen LogP contribution >= 0.6 is 11.8 Å². The van der Waals surface area contributed by atoms with Crippen LogP contribution in [-0.4, -0.2) is 35.0 Å². The van der Waals surface area contributed by atoms with Crippen molar-refractivity contribution < 1.29 is 14.7 Å². The first-order valence-corrected chi connectivity index (χ1v) is 7.52. The maximum Gasteiger partial charge on any atom is 0.326 e. The number of benzene rings is 1. The van der Waals surface area contributed by atoms with E-state index in [1.807, 2.05) is 36.6 Å². The molecule has 1 aromatic rings. The van der Waals surface area contributed by atoms with E-state index in [9.17, 15) is 9.59 Å². The minimum absolute atomic E-state index is 0.250. The smallest absolute Gasteiger partial charge is 0.326 e. The molecular weight excluding hydrogens is 262 g/mol. The highest BCUT2D eigenvalue weighted by Crippen LogP contribution is 2.15. The predicted molar refractivity (Wildman–Crippen MR) is 77.4 cm³/mol. The van der Waals surface area contributed by atoms with E-state index in [1.165, 1.54) is 0 Å². The zero-order valence-electron chi connectivity index (χ0n) is 11.1. The molecule has 0 aliphatic carbocycles. The lowest BCUT2D eigenvalue weighted by molar-refractivity contribution is -0.142. The molecule has 0 heterocycles. The Labute approximate surface area is 117 Å². The second kappa shape index (κ2) is 7.84. The molecule has 0 spiro atoms. The molecule has 0 fully saturated rings. The van der Waals surface area contributed by atoms with Gasteiger partial charge >= 0.3 is 5.97 Å². The molecule has 1 amide bonds. The quantitative estimate of drug-likeness (QED) is 0.803. The third-order valence-electron chi connectivity index (χ3n) is 2.92. The van der Waals surface area contributed by atoms with Crippen LogP contribution in [0.2, 0.25) is 0 Å². The molecule has 0 saturated carbocycles. The van der Waals surface area contributed by atoms with Gasteiger partial charge in [0.1, 0.15) is 6.04 Å². The van der Waals surface area contributed by atoms with Crippen LogP contribution in [0.5, 0.6) is 0 Å². The van der Waals surface area contributed by atoms with Crippen LogP contribution in [0.4, 0.5) is 0 Å². The van der Waals surface area contributed by atoms with Gasteiger partial charge in [0.2, 0.25) is 5.91 Å². The van der Waals surface area contributed by atoms with Gasteiger partial charge in [0, 0.05) is 0 Å². The Kier molecular flexibility index (Phi) is 6.42. The highest BCUT2D eigenvalue weighted by molar-refractivity contribution is 7.98. The monoisotopic (exact) mass is 281 g/mol. The van der Waals surface area contributed by atoms with Gasteiger partial charge in [-0.15, -0.1) is 0 Å². The standard InChI is InChI=1S/C14H19NO3S/c1-10(11-6-4-3-5-7-11)13(16)15-12(14(17)18)8-9-19-2/h3-7,10,12H,8-9H2,1-2H3,(H,15,16)(H,17,18). The molecule has 0 saturated heterocycles. The molecule has 1 rings (SSSR count). The zero-order chi connectivity index (χ0) is 14.3. The van der Waals surface area contributed by atoms with Gasteiger partial charge < -0.3 is 10.4 Å². The number of carbonyl (C=O) groups excluding carboxylic acids is 1. The molecule has 0 bridgehead atoms. The van der Waals surface area contributed by atoms with Crippen molar-refractivity contribution in [2.45, 2.75) is 25.3 Å². The van der Waals surface area contributed by atoms with Crippen LogP contribution < -0.4 is 5.32 Å². The summed E-state index contributed by atoms with van der Waals surface area (Å²) in [6, 6.07) is 8.52. The third kappa shape index (κ3) is 4.95. The Morgan fingerprint density at radius 2 is 1.95 bits per heavy atom. The molecule has 0 radical (unpaired) electrons. The van der Waals surface area contributed by atoms with Crippen LogP contribution in [0.25, 0.3) is 0 Å². The lowest BCUT2D eigenvalue weighted by Gasteiger charge is -2.17. The van der Waals surface area contributed by atoms with Crippen molar-refractivity contribution in [2.24, 2.45) is 0 Å². The average Bonchev–Trinajstić information content (AvgIpc) is 2.43. The fourth-order valence-electron chi connectivity index (χ4n) is 1.68. The number of carboxylic acids is 1. The van der Waals surface area contributed by atoms with Crippen molar-refractivity contribution in [1.82, 2.24) is 5.32 Å². The third-order valence-corrected chi connectivity index (χ3v) is 3.56. The summed E-state index contributed by atoms with van der Waals surface area (Å²) >= 11 is 1.56. The van der Waals surface area contributed by atoms with E-state index >= 15 is 0 Å². The first-order valence-electron chi connectivity index (χ1n) is 6.13. The largest absolute Gasteiger partial charge is 0.480 e. The maximum atomic E-state index is 12.0. The fourth-order valence-corrected chi connectivity index (χ4v) is 2.15. The number of nitrogens with one attached hydrogen (secondary N) is 1. The number of hydrogen-bond acceptors (Lipinski definition) is 3. The molecule has 19 heavy (non-hydrogen) atoms. The van der Waals surface area contributed by atoms with E-state index < -0.39 is 12.0 Å². The van der Waals surface area contributed by atoms with E-state index in [1.54, 1.807) is 18.7 Å². The van der Waals surface area contributed by atoms with Gasteiger partial charge in [-0.1, -0.05) is 30.3 Å². The molecule has 2 unspecified atom stereocenters. The number of hydrogen-bond donors (Lipinski definition) is 2. The number of rotatable bonds is 7. The molecule has 0 aliphatic rings. The molecule has 0 aromatic heterocycles. The summed E-state index contributed by atoms with van der Waals surface area (Å²) in [6.45, 7) is 1.78. The van der Waals surface area contributed by atoms with Crippen LogP contribution in [0.3, 0.4) is 0 Å². The number of aliphatic carboxylic acids is 1. The topological polar surface area (TPSA) is 66.4 Å². The summed E-state index contributed by atoms with van der Waals surface area (Å²) in [6.07, 6.45) is 2.34. The van der Waals surface area contributed by atoms with Crippen LogP contribution in [0, 0.1) is 0 Å². The molecule has 2 N–H and O–H groups in total. The van der Waals surface area contributed by atoms with E-state index in [2.05, 4.69) is 5.32 Å². The van der Waals surface area contributed by atoms with Crippen LogP contribution in [-0.2, 0) is 9.59 Å². The first kappa shape index (κ1) is 15.6. The van der Waals surface area contributed by atoms with Gasteiger partial charge in [-0.25, -0.2) is 4.79 Å². The van der Waals surface area contributed by atoms with Gasteiger partial charge in [-0.3, -0.25) is 4.79 Å². The van der Waals surface area contributed by atoms with Crippen molar-refractivity contribution in [3.8, 4) is 0 Å². The molecule has 1 aromatic carbocycles. The highest BCUT2D eigenvalue weighted by Gasteiger charge is 2.23. The molecule has 0 aliphatic heterocycles. The summed E-state index contributed by atoms with van der Waals surface area (Å²) in [4.78, 5) is 23.1. The summed E-state index contributed by atoms with van der Waals surface area (Å²) < 4.78 is 0. The second-order valence-corrected chi connectivity index (χ2v) is 5.30. The van der Waals surface area contributed by atoms with Crippen LogP contribution in [0.1, 0.15) is 24.8 Å². The minimum Gasteiger partial charge on any atom is -0.480 e. The van der Waals surface area contributed by atoms with E-state index in [-0.39, 0.29) is 11.8 Å². The number of carboxylic acid groups (broad SMARTS) is 1. The summed E-state index contributed by atoms with van der Waals surface area (Å²) in [5.41, 5.74) is 0.883. The molecular formula is C14H19NO3S. The molecule has 2 atom stereocenters. The lowest BCUT2D eigenvalue weighted by atomic mass is 10.00. The molecule has 5 heteroatoms. The van der Waals surface area contributed by atoms with Crippen molar-refractivity contribution in [2.75, 3.05) is 12.0 Å². The number of thioether (sulfide) groups is 1. The molecule has 4 nitrogen and oxygen atoms in total. The summed E-state index contributed by atoms with van der Waals surface area (Å²) in [5.74, 6) is -0.878. The van der Waals surface area contributed by atoms with Crippen molar-refractivity contribution in [3.05, 3.63) is 35.9 Å². The SMILES string of the molecule is CSCCC(NC(=O)C(C)c1ccccc1)C(=O)O. The Morgan fingerprint density at radius 1 is 1.32 bits per heavy atom. The summed E-state index contributed by atoms with van der Waals surface area (Å²) in [5, 5.41) is 11.7. The fraction of sp³-hybridized carbons (Fsp3) is 0.429. The number of carbonyl (C=O) groups is 2. The van der Waals surface area contributed by atoms with Crippen LogP contribution in [0.15, 0.2) is 30.3 Å². The second-order valence-electron chi connectivity index (χ2n) is 4.31. The Morgan fingerprint density at radius 3 is 2.47 bits per heavy atom. The van der Waals surface area contributed by atoms with Crippen molar-refractivity contribution >= 4 is 23.6 Å². The van der Waals surface area contributed by atoms with Gasteiger partial charge in [0.15, 0.2) is 0 Å². The van der Waals surface area contributed by atoms with Gasteiger partial charge in [-0.05, 0) is 30.9 Å². The van der Waals surface area contributed by atoms with Crippen molar-refractivity contribution in [1.29, 1.82) is 0 Å². The van der Waals surface area contributed by atoms with E-state index in [4.69, 9.17) is 5.11 Å². The summed E-state index contributed by atoms with van der Waals surface area (Å²) in [7, 11) is 0. The average molecular weight is 281 g/mol.